The van der Waals surface area contributed by atoms with Crippen molar-refractivity contribution in [3.8, 4) is 23.3 Å². The second-order valence-electron chi connectivity index (χ2n) is 6.34. The zero-order chi connectivity index (χ0) is 22.1. The first-order valence-corrected chi connectivity index (χ1v) is 9.41. The second-order valence-corrected chi connectivity index (χ2v) is 6.34. The first-order chi connectivity index (χ1) is 15.1. The number of carbonyl (C=O) groups is 1. The van der Waals surface area contributed by atoms with Crippen molar-refractivity contribution in [2.24, 2.45) is 0 Å². The van der Waals surface area contributed by atoms with E-state index < -0.39 is 5.91 Å². The molecule has 31 heavy (non-hydrogen) atoms. The summed E-state index contributed by atoms with van der Waals surface area (Å²) in [6.45, 7) is 0.269. The van der Waals surface area contributed by atoms with Gasteiger partial charge in [0.15, 0.2) is 11.5 Å². The van der Waals surface area contributed by atoms with Crippen LogP contribution in [-0.4, -0.2) is 25.1 Å². The lowest BCUT2D eigenvalue weighted by atomic mass is 10.1. The van der Waals surface area contributed by atoms with Crippen LogP contribution in [0.25, 0.3) is 6.08 Å². The molecule has 0 aliphatic heterocycles. The average molecular weight is 415 g/mol. The smallest absolute Gasteiger partial charge is 0.266 e. The van der Waals surface area contributed by atoms with Crippen LogP contribution in [0.3, 0.4) is 0 Å². The standard InChI is InChI=1S/C24H21N3O4/c1-29-22-11-10-19(14-23(22)30-2)27-24(28)18(15-25)13-17-7-3-4-9-21(17)31-16-20-8-5-6-12-26-20/h3-14H,16H2,1-2H3,(H,27,28)/b18-13+. The molecule has 0 atom stereocenters. The minimum absolute atomic E-state index is 0.0660. The van der Waals surface area contributed by atoms with Gasteiger partial charge in [-0.1, -0.05) is 24.3 Å². The van der Waals surface area contributed by atoms with E-state index in [0.29, 0.717) is 28.5 Å². The van der Waals surface area contributed by atoms with E-state index in [4.69, 9.17) is 14.2 Å². The van der Waals surface area contributed by atoms with Crippen LogP contribution in [0.15, 0.2) is 72.4 Å². The first kappa shape index (κ1) is 21.4. The maximum Gasteiger partial charge on any atom is 0.266 e. The Balaban J connectivity index is 1.78. The molecule has 0 unspecified atom stereocenters. The summed E-state index contributed by atoms with van der Waals surface area (Å²) in [7, 11) is 3.03. The van der Waals surface area contributed by atoms with E-state index in [1.165, 1.54) is 20.3 Å². The van der Waals surface area contributed by atoms with E-state index in [1.807, 2.05) is 30.3 Å². The van der Waals surface area contributed by atoms with Crippen LogP contribution in [0, 0.1) is 11.3 Å². The van der Waals surface area contributed by atoms with Gasteiger partial charge in [0, 0.05) is 23.5 Å². The van der Waals surface area contributed by atoms with Crippen LogP contribution in [0.2, 0.25) is 0 Å². The highest BCUT2D eigenvalue weighted by Crippen LogP contribution is 2.30. The predicted octanol–water partition coefficient (Wildman–Crippen LogP) is 4.22. The van der Waals surface area contributed by atoms with E-state index in [0.717, 1.165) is 5.69 Å². The lowest BCUT2D eigenvalue weighted by molar-refractivity contribution is -0.112. The number of nitriles is 1. The number of hydrogen-bond acceptors (Lipinski definition) is 6. The molecule has 156 valence electrons. The second kappa shape index (κ2) is 10.5. The van der Waals surface area contributed by atoms with Gasteiger partial charge in [0.25, 0.3) is 5.91 Å². The quantitative estimate of drug-likeness (QED) is 0.437. The molecule has 2 aromatic carbocycles. The Bertz CT molecular complexity index is 1120. The van der Waals surface area contributed by atoms with Crippen molar-refractivity contribution in [1.82, 2.24) is 4.98 Å². The number of amides is 1. The lowest BCUT2D eigenvalue weighted by Crippen LogP contribution is -2.13. The van der Waals surface area contributed by atoms with Crippen LogP contribution in [0.4, 0.5) is 5.69 Å². The Morgan fingerprint density at radius 3 is 2.52 bits per heavy atom. The number of methoxy groups -OCH3 is 2. The van der Waals surface area contributed by atoms with Gasteiger partial charge in [-0.25, -0.2) is 0 Å². The molecule has 7 heteroatoms. The fourth-order valence-corrected chi connectivity index (χ4v) is 2.78. The number of anilines is 1. The molecule has 0 radical (unpaired) electrons. The Morgan fingerprint density at radius 2 is 1.81 bits per heavy atom. The summed E-state index contributed by atoms with van der Waals surface area (Å²) < 4.78 is 16.3. The maximum absolute atomic E-state index is 12.7. The summed E-state index contributed by atoms with van der Waals surface area (Å²) in [6, 6.07) is 19.6. The number of para-hydroxylation sites is 1. The number of carbonyl (C=O) groups excluding carboxylic acids is 1. The Kier molecular flexibility index (Phi) is 7.22. The molecule has 7 nitrogen and oxygen atoms in total. The van der Waals surface area contributed by atoms with Gasteiger partial charge in [-0.2, -0.15) is 5.26 Å². The van der Waals surface area contributed by atoms with Gasteiger partial charge in [0.05, 0.1) is 19.9 Å². The molecule has 1 amide bonds. The summed E-state index contributed by atoms with van der Waals surface area (Å²) in [4.78, 5) is 16.9. The van der Waals surface area contributed by atoms with Crippen molar-refractivity contribution in [3.63, 3.8) is 0 Å². The van der Waals surface area contributed by atoms with Crippen LogP contribution >= 0.6 is 0 Å². The SMILES string of the molecule is COc1ccc(NC(=O)/C(C#N)=C/c2ccccc2OCc2ccccn2)cc1OC. The van der Waals surface area contributed by atoms with Gasteiger partial charge in [-0.15, -0.1) is 0 Å². The third kappa shape index (κ3) is 5.61. The summed E-state index contributed by atoms with van der Waals surface area (Å²) in [5.41, 5.74) is 1.79. The van der Waals surface area contributed by atoms with Gasteiger partial charge >= 0.3 is 0 Å². The molecular formula is C24H21N3O4. The predicted molar refractivity (Wildman–Crippen MR) is 117 cm³/mol. The molecule has 3 aromatic rings. The van der Waals surface area contributed by atoms with Crippen LogP contribution < -0.4 is 19.5 Å². The maximum atomic E-state index is 12.7. The molecule has 0 aliphatic carbocycles. The third-order valence-corrected chi connectivity index (χ3v) is 4.33. The Labute approximate surface area is 180 Å². The Morgan fingerprint density at radius 1 is 1.03 bits per heavy atom. The number of benzene rings is 2. The average Bonchev–Trinajstić information content (AvgIpc) is 2.82. The van der Waals surface area contributed by atoms with Gasteiger partial charge < -0.3 is 19.5 Å². The van der Waals surface area contributed by atoms with Gasteiger partial charge in [0.1, 0.15) is 24.0 Å². The highest BCUT2D eigenvalue weighted by Gasteiger charge is 2.13. The van der Waals surface area contributed by atoms with E-state index in [1.54, 1.807) is 42.6 Å². The number of nitrogens with zero attached hydrogens (tertiary/aromatic N) is 2. The van der Waals surface area contributed by atoms with Gasteiger partial charge in [-0.05, 0) is 36.4 Å². The molecule has 0 saturated carbocycles. The molecule has 0 spiro atoms. The first-order valence-electron chi connectivity index (χ1n) is 9.41. The molecule has 1 aromatic heterocycles. The minimum atomic E-state index is -0.547. The Hall–Kier alpha value is -4.31. The number of pyridine rings is 1. The number of ether oxygens (including phenoxy) is 3. The summed E-state index contributed by atoms with van der Waals surface area (Å²) in [5.74, 6) is 1.00. The van der Waals surface area contributed by atoms with E-state index >= 15 is 0 Å². The topological polar surface area (TPSA) is 93.5 Å². The fraction of sp³-hybridized carbons (Fsp3) is 0.125. The number of rotatable bonds is 8. The number of aromatic nitrogens is 1. The van der Waals surface area contributed by atoms with E-state index in [2.05, 4.69) is 10.3 Å². The number of hydrogen-bond donors (Lipinski definition) is 1. The van der Waals surface area contributed by atoms with Gasteiger partial charge in [0.2, 0.25) is 0 Å². The molecule has 3 rings (SSSR count). The van der Waals surface area contributed by atoms with Crippen molar-refractivity contribution < 1.29 is 19.0 Å². The van der Waals surface area contributed by atoms with Gasteiger partial charge in [-0.3, -0.25) is 9.78 Å². The van der Waals surface area contributed by atoms with Crippen LogP contribution in [-0.2, 0) is 11.4 Å². The zero-order valence-corrected chi connectivity index (χ0v) is 17.2. The van der Waals surface area contributed by atoms with Crippen molar-refractivity contribution in [2.45, 2.75) is 6.61 Å². The van der Waals surface area contributed by atoms with Crippen molar-refractivity contribution in [1.29, 1.82) is 5.26 Å². The largest absolute Gasteiger partial charge is 0.493 e. The molecule has 0 saturated heterocycles. The third-order valence-electron chi connectivity index (χ3n) is 4.33. The van der Waals surface area contributed by atoms with Crippen molar-refractivity contribution in [2.75, 3.05) is 19.5 Å². The van der Waals surface area contributed by atoms with Crippen LogP contribution in [0.5, 0.6) is 17.2 Å². The normalized spacial score (nSPS) is 10.7. The monoisotopic (exact) mass is 415 g/mol. The minimum Gasteiger partial charge on any atom is -0.493 e. The van der Waals surface area contributed by atoms with E-state index in [9.17, 15) is 10.1 Å². The zero-order valence-electron chi connectivity index (χ0n) is 17.2. The highest BCUT2D eigenvalue weighted by atomic mass is 16.5. The molecule has 1 N–H and O–H groups in total. The summed E-state index contributed by atoms with van der Waals surface area (Å²) in [5, 5.41) is 12.2. The molecule has 0 aliphatic rings. The fourth-order valence-electron chi connectivity index (χ4n) is 2.78. The molecular weight excluding hydrogens is 394 g/mol. The lowest BCUT2D eigenvalue weighted by Gasteiger charge is -2.11. The number of nitrogens with one attached hydrogen (secondary N) is 1. The highest BCUT2D eigenvalue weighted by molar-refractivity contribution is 6.10. The van der Waals surface area contributed by atoms with E-state index in [-0.39, 0.29) is 12.2 Å². The summed E-state index contributed by atoms with van der Waals surface area (Å²) in [6.07, 6.45) is 3.18. The molecule has 0 bridgehead atoms. The van der Waals surface area contributed by atoms with Crippen LogP contribution in [0.1, 0.15) is 11.3 Å². The molecule has 0 fully saturated rings. The summed E-state index contributed by atoms with van der Waals surface area (Å²) >= 11 is 0. The van der Waals surface area contributed by atoms with Crippen molar-refractivity contribution >= 4 is 17.7 Å². The van der Waals surface area contributed by atoms with Crippen molar-refractivity contribution in [3.05, 3.63) is 83.7 Å². The molecule has 1 heterocycles.